The number of hydrogen-bond acceptors (Lipinski definition) is 6. The van der Waals surface area contributed by atoms with Crippen LogP contribution in [-0.4, -0.2) is 39.0 Å². The van der Waals surface area contributed by atoms with E-state index in [9.17, 15) is 10.1 Å². The number of benzene rings is 1. The smallest absolute Gasteiger partial charge is 0.286 e. The van der Waals surface area contributed by atoms with E-state index in [1.165, 1.54) is 0 Å². The lowest BCUT2D eigenvalue weighted by atomic mass is 10.1. The molecule has 0 aliphatic carbocycles. The van der Waals surface area contributed by atoms with Crippen LogP contribution in [-0.2, 0) is 17.9 Å². The second-order valence-corrected chi connectivity index (χ2v) is 7.31. The quantitative estimate of drug-likeness (QED) is 0.419. The molecule has 0 bridgehead atoms. The molecule has 2 aromatic rings. The van der Waals surface area contributed by atoms with Crippen molar-refractivity contribution >= 4 is 11.6 Å². The summed E-state index contributed by atoms with van der Waals surface area (Å²) in [6.07, 6.45) is 2.56. The summed E-state index contributed by atoms with van der Waals surface area (Å²) >= 11 is 5.86. The minimum Gasteiger partial charge on any atom is -0.354 e. The highest BCUT2D eigenvalue weighted by Crippen LogP contribution is 2.35. The molecule has 1 aromatic carbocycles. The molecule has 1 aromatic heterocycles. The van der Waals surface area contributed by atoms with E-state index in [2.05, 4.69) is 4.98 Å². The summed E-state index contributed by atoms with van der Waals surface area (Å²) in [5.74, 6) is 0.671. The zero-order chi connectivity index (χ0) is 19.5. The molecule has 28 heavy (non-hydrogen) atoms. The molecule has 1 saturated heterocycles. The third-order valence-electron chi connectivity index (χ3n) is 5.08. The number of pyridine rings is 1. The molecule has 146 valence electrons. The monoisotopic (exact) mass is 400 g/mol. The number of allylic oxidation sites excluding steroid dienone is 1. The Morgan fingerprint density at radius 2 is 2.00 bits per heavy atom. The molecule has 0 amide bonds. The molecule has 0 spiro atoms. The lowest BCUT2D eigenvalue weighted by Crippen LogP contribution is -2.40. The molecule has 4 rings (SSSR count). The van der Waals surface area contributed by atoms with Gasteiger partial charge in [0.05, 0.1) is 11.5 Å². The van der Waals surface area contributed by atoms with Crippen molar-refractivity contribution in [2.75, 3.05) is 13.1 Å². The molecule has 7 nitrogen and oxygen atoms in total. The van der Waals surface area contributed by atoms with Crippen LogP contribution in [0.25, 0.3) is 0 Å². The van der Waals surface area contributed by atoms with Crippen molar-refractivity contribution in [3.05, 3.63) is 86.6 Å². The Bertz CT molecular complexity index is 873. The van der Waals surface area contributed by atoms with Crippen molar-refractivity contribution in [3.63, 3.8) is 0 Å². The first-order valence-electron chi connectivity index (χ1n) is 9.27. The molecule has 8 heteroatoms. The van der Waals surface area contributed by atoms with Crippen LogP contribution in [0.2, 0.25) is 5.15 Å². The van der Waals surface area contributed by atoms with E-state index in [4.69, 9.17) is 16.3 Å². The zero-order valence-electron chi connectivity index (χ0n) is 15.3. The van der Waals surface area contributed by atoms with Gasteiger partial charge in [-0.15, -0.1) is 0 Å². The first-order valence-corrected chi connectivity index (χ1v) is 9.64. The Kier molecular flexibility index (Phi) is 5.45. The van der Waals surface area contributed by atoms with Gasteiger partial charge in [-0.1, -0.05) is 48.0 Å². The van der Waals surface area contributed by atoms with E-state index in [0.29, 0.717) is 50.1 Å². The average molecular weight is 401 g/mol. The molecule has 1 fully saturated rings. The first-order chi connectivity index (χ1) is 13.6. The van der Waals surface area contributed by atoms with Crippen LogP contribution in [0, 0.1) is 10.1 Å². The molecular weight excluding hydrogens is 380 g/mol. The summed E-state index contributed by atoms with van der Waals surface area (Å²) in [5, 5.41) is 12.1. The van der Waals surface area contributed by atoms with Gasteiger partial charge in [0.15, 0.2) is 5.82 Å². The van der Waals surface area contributed by atoms with Crippen molar-refractivity contribution in [3.8, 4) is 0 Å². The van der Waals surface area contributed by atoms with Gasteiger partial charge in [-0.05, 0) is 17.2 Å². The summed E-state index contributed by atoms with van der Waals surface area (Å²) in [6, 6.07) is 13.6. The van der Waals surface area contributed by atoms with Crippen LogP contribution >= 0.6 is 11.6 Å². The maximum atomic E-state index is 11.6. The summed E-state index contributed by atoms with van der Waals surface area (Å²) in [7, 11) is 0. The Balaban J connectivity index is 1.52. The van der Waals surface area contributed by atoms with Crippen molar-refractivity contribution in [2.45, 2.75) is 32.2 Å². The Hall–Kier alpha value is -2.64. The number of rotatable bonds is 6. The number of nitro groups is 1. The van der Waals surface area contributed by atoms with Crippen LogP contribution < -0.4 is 0 Å². The summed E-state index contributed by atoms with van der Waals surface area (Å²) < 4.78 is 6.14. The van der Waals surface area contributed by atoms with E-state index in [1.807, 2.05) is 46.2 Å². The Morgan fingerprint density at radius 1 is 1.18 bits per heavy atom. The van der Waals surface area contributed by atoms with Gasteiger partial charge in [0.2, 0.25) is 0 Å². The minimum atomic E-state index is -0.256. The molecule has 0 saturated carbocycles. The predicted molar refractivity (Wildman–Crippen MR) is 105 cm³/mol. The number of halogens is 1. The average Bonchev–Trinajstić information content (AvgIpc) is 3.12. The highest BCUT2D eigenvalue weighted by atomic mass is 35.5. The van der Waals surface area contributed by atoms with Crippen LogP contribution in [0.4, 0.5) is 0 Å². The maximum Gasteiger partial charge on any atom is 0.286 e. The fourth-order valence-electron chi connectivity index (χ4n) is 3.77. The number of aromatic nitrogens is 1. The van der Waals surface area contributed by atoms with Gasteiger partial charge in [-0.3, -0.25) is 10.1 Å². The highest BCUT2D eigenvalue weighted by Gasteiger charge is 2.41. The minimum absolute atomic E-state index is 0.160. The molecule has 1 unspecified atom stereocenters. The van der Waals surface area contributed by atoms with Gasteiger partial charge in [-0.25, -0.2) is 4.98 Å². The van der Waals surface area contributed by atoms with Crippen LogP contribution in [0.5, 0.6) is 0 Å². The fraction of sp³-hybridized carbons (Fsp3) is 0.350. The molecule has 2 aliphatic heterocycles. The Labute approximate surface area is 168 Å². The first kappa shape index (κ1) is 18.7. The maximum absolute atomic E-state index is 11.6. The van der Waals surface area contributed by atoms with Crippen molar-refractivity contribution in [1.29, 1.82) is 0 Å². The number of ether oxygens (including phenoxy) is 1. The van der Waals surface area contributed by atoms with Gasteiger partial charge < -0.3 is 14.5 Å². The molecular formula is C20H21ClN4O3. The Morgan fingerprint density at radius 3 is 2.71 bits per heavy atom. The second-order valence-electron chi connectivity index (χ2n) is 6.92. The third kappa shape index (κ3) is 3.95. The van der Waals surface area contributed by atoms with Crippen molar-refractivity contribution in [2.24, 2.45) is 0 Å². The summed E-state index contributed by atoms with van der Waals surface area (Å²) in [6.45, 7) is 2.45. The molecule has 0 radical (unpaired) electrons. The van der Waals surface area contributed by atoms with Gasteiger partial charge in [0.25, 0.3) is 5.70 Å². The van der Waals surface area contributed by atoms with Gasteiger partial charge in [0, 0.05) is 38.7 Å². The second kappa shape index (κ2) is 8.16. The van der Waals surface area contributed by atoms with E-state index in [1.54, 1.807) is 12.3 Å². The van der Waals surface area contributed by atoms with E-state index < -0.39 is 0 Å². The zero-order valence-corrected chi connectivity index (χ0v) is 16.1. The van der Waals surface area contributed by atoms with E-state index in [0.717, 1.165) is 11.1 Å². The fourth-order valence-corrected chi connectivity index (χ4v) is 3.88. The SMILES string of the molecule is O=[N+]([O-])C1=C2N(Cc3ccc(Cl)nc3)CCN2C(OCc2ccccc2)CC1. The van der Waals surface area contributed by atoms with Crippen LogP contribution in [0.3, 0.4) is 0 Å². The molecule has 1 atom stereocenters. The lowest BCUT2D eigenvalue weighted by Gasteiger charge is -2.34. The standard InChI is InChI=1S/C20H21ClN4O3/c21-18-8-6-16(12-22-18)13-23-10-11-24-19(9-7-17(20(23)24)25(26)27)28-14-15-4-2-1-3-5-15/h1-6,8,12,19H,7,9-11,13-14H2. The molecule has 0 N–H and O–H groups in total. The van der Waals surface area contributed by atoms with E-state index >= 15 is 0 Å². The number of hydrogen-bond donors (Lipinski definition) is 0. The topological polar surface area (TPSA) is 71.7 Å². The van der Waals surface area contributed by atoms with Gasteiger partial charge >= 0.3 is 0 Å². The molecule has 3 heterocycles. The van der Waals surface area contributed by atoms with Crippen molar-refractivity contribution in [1.82, 2.24) is 14.8 Å². The third-order valence-corrected chi connectivity index (χ3v) is 5.31. The summed E-state index contributed by atoms with van der Waals surface area (Å²) in [5.41, 5.74) is 2.32. The van der Waals surface area contributed by atoms with Crippen LogP contribution in [0.15, 0.2) is 60.2 Å². The number of fused-ring (bicyclic) bond motifs is 1. The van der Waals surface area contributed by atoms with Gasteiger partial charge in [0.1, 0.15) is 11.4 Å². The lowest BCUT2D eigenvalue weighted by molar-refractivity contribution is -0.433. The predicted octanol–water partition coefficient (Wildman–Crippen LogP) is 3.64. The normalized spacial score (nSPS) is 19.1. The largest absolute Gasteiger partial charge is 0.354 e. The van der Waals surface area contributed by atoms with E-state index in [-0.39, 0.29) is 16.8 Å². The molecule has 2 aliphatic rings. The summed E-state index contributed by atoms with van der Waals surface area (Å²) in [4.78, 5) is 19.6. The van der Waals surface area contributed by atoms with Gasteiger partial charge in [-0.2, -0.15) is 0 Å². The highest BCUT2D eigenvalue weighted by molar-refractivity contribution is 6.29. The van der Waals surface area contributed by atoms with Crippen LogP contribution in [0.1, 0.15) is 24.0 Å². The number of nitrogens with zero attached hydrogens (tertiary/aromatic N) is 4. The van der Waals surface area contributed by atoms with Crippen molar-refractivity contribution < 1.29 is 9.66 Å².